The highest BCUT2D eigenvalue weighted by atomic mass is 16.5. The maximum atomic E-state index is 11.7. The summed E-state index contributed by atoms with van der Waals surface area (Å²) >= 11 is 0. The van der Waals surface area contributed by atoms with Crippen LogP contribution in [0, 0.1) is 6.92 Å². The van der Waals surface area contributed by atoms with Gasteiger partial charge in [0, 0.05) is 17.3 Å². The number of aromatic hydroxyl groups is 1. The molecule has 1 aromatic carbocycles. The highest BCUT2D eigenvalue weighted by Crippen LogP contribution is 2.32. The standard InChI is InChI=1S/C16H17NO4/c1-3-21-16(20)15(19)13-9-11(18)6-7-12(13)14-10(2)5-4-8-17-14/h4-9,15,18-19H,3H2,1-2H3. The van der Waals surface area contributed by atoms with Gasteiger partial charge in [-0.3, -0.25) is 4.98 Å². The van der Waals surface area contributed by atoms with Crippen LogP contribution in [-0.2, 0) is 9.53 Å². The van der Waals surface area contributed by atoms with E-state index >= 15 is 0 Å². The molecular formula is C16H17NO4. The molecule has 0 aliphatic rings. The van der Waals surface area contributed by atoms with Crippen LogP contribution in [0.15, 0.2) is 36.5 Å². The van der Waals surface area contributed by atoms with E-state index < -0.39 is 12.1 Å². The van der Waals surface area contributed by atoms with Gasteiger partial charge in [-0.1, -0.05) is 6.07 Å². The number of aromatic nitrogens is 1. The molecule has 0 saturated carbocycles. The molecule has 1 aromatic heterocycles. The van der Waals surface area contributed by atoms with Crippen LogP contribution in [0.4, 0.5) is 0 Å². The SMILES string of the molecule is CCOC(=O)C(O)c1cc(O)ccc1-c1ncccc1C. The second kappa shape index (κ2) is 6.37. The molecule has 5 heteroatoms. The van der Waals surface area contributed by atoms with Crippen molar-refractivity contribution in [2.45, 2.75) is 20.0 Å². The van der Waals surface area contributed by atoms with Crippen LogP contribution in [0.25, 0.3) is 11.3 Å². The third-order valence-electron chi connectivity index (χ3n) is 3.10. The molecule has 2 aromatic rings. The summed E-state index contributed by atoms with van der Waals surface area (Å²) in [4.78, 5) is 16.0. The van der Waals surface area contributed by atoms with Gasteiger partial charge in [0.2, 0.25) is 0 Å². The normalized spacial score (nSPS) is 12.0. The lowest BCUT2D eigenvalue weighted by atomic mass is 9.97. The van der Waals surface area contributed by atoms with Crippen molar-refractivity contribution < 1.29 is 19.7 Å². The summed E-state index contributed by atoms with van der Waals surface area (Å²) in [6.45, 7) is 3.72. The number of aliphatic hydroxyl groups excluding tert-OH is 1. The first kappa shape index (κ1) is 15.0. The average Bonchev–Trinajstić information content (AvgIpc) is 2.47. The predicted molar refractivity (Wildman–Crippen MR) is 77.7 cm³/mol. The summed E-state index contributed by atoms with van der Waals surface area (Å²) in [5, 5.41) is 19.8. The van der Waals surface area contributed by atoms with E-state index in [1.54, 1.807) is 25.3 Å². The van der Waals surface area contributed by atoms with Gasteiger partial charge in [-0.25, -0.2) is 4.79 Å². The molecule has 1 unspecified atom stereocenters. The molecule has 0 spiro atoms. The van der Waals surface area contributed by atoms with Crippen molar-refractivity contribution in [2.75, 3.05) is 6.61 Å². The van der Waals surface area contributed by atoms with Crippen molar-refractivity contribution in [2.24, 2.45) is 0 Å². The Morgan fingerprint density at radius 2 is 2.14 bits per heavy atom. The number of hydrogen-bond donors (Lipinski definition) is 2. The topological polar surface area (TPSA) is 79.7 Å². The fraction of sp³-hybridized carbons (Fsp3) is 0.250. The quantitative estimate of drug-likeness (QED) is 0.844. The monoisotopic (exact) mass is 287 g/mol. The van der Waals surface area contributed by atoms with E-state index in [0.29, 0.717) is 11.3 Å². The van der Waals surface area contributed by atoms with Crippen LogP contribution in [0.2, 0.25) is 0 Å². The molecule has 0 aliphatic heterocycles. The number of phenols is 1. The molecule has 21 heavy (non-hydrogen) atoms. The minimum absolute atomic E-state index is 0.0364. The van der Waals surface area contributed by atoms with E-state index in [1.807, 2.05) is 13.0 Å². The Morgan fingerprint density at radius 3 is 2.81 bits per heavy atom. The minimum atomic E-state index is -1.46. The zero-order valence-electron chi connectivity index (χ0n) is 11.9. The first-order valence-electron chi connectivity index (χ1n) is 6.64. The van der Waals surface area contributed by atoms with Crippen LogP contribution >= 0.6 is 0 Å². The van der Waals surface area contributed by atoms with Gasteiger partial charge in [0.1, 0.15) is 5.75 Å². The van der Waals surface area contributed by atoms with Crippen molar-refractivity contribution in [3.8, 4) is 17.0 Å². The number of nitrogens with zero attached hydrogens (tertiary/aromatic N) is 1. The molecule has 0 fully saturated rings. The number of hydrogen-bond acceptors (Lipinski definition) is 5. The van der Waals surface area contributed by atoms with Crippen molar-refractivity contribution in [1.82, 2.24) is 4.98 Å². The molecule has 2 rings (SSSR count). The lowest BCUT2D eigenvalue weighted by molar-refractivity contribution is -0.153. The van der Waals surface area contributed by atoms with Crippen LogP contribution in [-0.4, -0.2) is 27.8 Å². The highest BCUT2D eigenvalue weighted by Gasteiger charge is 2.23. The molecule has 0 bridgehead atoms. The molecule has 5 nitrogen and oxygen atoms in total. The summed E-state index contributed by atoms with van der Waals surface area (Å²) < 4.78 is 4.83. The summed E-state index contributed by atoms with van der Waals surface area (Å²) in [5.74, 6) is -0.788. The van der Waals surface area contributed by atoms with Crippen molar-refractivity contribution >= 4 is 5.97 Å². The number of carbonyl (C=O) groups excluding carboxylic acids is 1. The lowest BCUT2D eigenvalue weighted by Gasteiger charge is -2.15. The maximum Gasteiger partial charge on any atom is 0.339 e. The fourth-order valence-electron chi connectivity index (χ4n) is 2.11. The molecule has 0 radical (unpaired) electrons. The number of pyridine rings is 1. The average molecular weight is 287 g/mol. The number of esters is 1. The van der Waals surface area contributed by atoms with Gasteiger partial charge in [0.05, 0.1) is 12.3 Å². The number of ether oxygens (including phenoxy) is 1. The number of aryl methyl sites for hydroxylation is 1. The summed E-state index contributed by atoms with van der Waals surface area (Å²) in [6, 6.07) is 8.16. The van der Waals surface area contributed by atoms with Gasteiger partial charge in [-0.05, 0) is 43.7 Å². The smallest absolute Gasteiger partial charge is 0.339 e. The van der Waals surface area contributed by atoms with Crippen molar-refractivity contribution in [3.63, 3.8) is 0 Å². The fourth-order valence-corrected chi connectivity index (χ4v) is 2.11. The first-order valence-corrected chi connectivity index (χ1v) is 6.64. The van der Waals surface area contributed by atoms with Gasteiger partial charge in [0.25, 0.3) is 0 Å². The molecule has 0 aliphatic carbocycles. The lowest BCUT2D eigenvalue weighted by Crippen LogP contribution is -2.16. The van der Waals surface area contributed by atoms with E-state index in [2.05, 4.69) is 4.98 Å². The van der Waals surface area contributed by atoms with E-state index in [9.17, 15) is 15.0 Å². The molecule has 0 amide bonds. The number of phenolic OH excluding ortho intramolecular Hbond substituents is 1. The number of rotatable bonds is 4. The highest BCUT2D eigenvalue weighted by molar-refractivity contribution is 5.81. The second-order valence-electron chi connectivity index (χ2n) is 4.60. The minimum Gasteiger partial charge on any atom is -0.508 e. The Kier molecular flexibility index (Phi) is 4.55. The summed E-state index contributed by atoms with van der Waals surface area (Å²) in [6.07, 6.45) is 0.170. The third kappa shape index (κ3) is 3.20. The first-order chi connectivity index (χ1) is 10.0. The zero-order chi connectivity index (χ0) is 15.4. The molecular weight excluding hydrogens is 270 g/mol. The number of benzene rings is 1. The van der Waals surface area contributed by atoms with Gasteiger partial charge in [-0.2, -0.15) is 0 Å². The summed E-state index contributed by atoms with van der Waals surface area (Å²) in [5.41, 5.74) is 2.41. The van der Waals surface area contributed by atoms with E-state index in [0.717, 1.165) is 5.56 Å². The van der Waals surface area contributed by atoms with Crippen LogP contribution in [0.5, 0.6) is 5.75 Å². The Bertz CT molecular complexity index is 654. The van der Waals surface area contributed by atoms with E-state index in [1.165, 1.54) is 12.1 Å². The van der Waals surface area contributed by atoms with Gasteiger partial charge in [0.15, 0.2) is 6.10 Å². The van der Waals surface area contributed by atoms with Crippen molar-refractivity contribution in [1.29, 1.82) is 0 Å². The number of carbonyl (C=O) groups is 1. The largest absolute Gasteiger partial charge is 0.508 e. The van der Waals surface area contributed by atoms with Crippen molar-refractivity contribution in [3.05, 3.63) is 47.7 Å². The van der Waals surface area contributed by atoms with E-state index in [-0.39, 0.29) is 17.9 Å². The van der Waals surface area contributed by atoms with Crippen LogP contribution in [0.3, 0.4) is 0 Å². The van der Waals surface area contributed by atoms with Gasteiger partial charge < -0.3 is 14.9 Å². The second-order valence-corrected chi connectivity index (χ2v) is 4.60. The molecule has 1 atom stereocenters. The predicted octanol–water partition coefficient (Wildman–Crippen LogP) is 2.36. The zero-order valence-corrected chi connectivity index (χ0v) is 11.9. The van der Waals surface area contributed by atoms with Crippen LogP contribution < -0.4 is 0 Å². The van der Waals surface area contributed by atoms with Gasteiger partial charge >= 0.3 is 5.97 Å². The Morgan fingerprint density at radius 1 is 1.38 bits per heavy atom. The molecule has 2 N–H and O–H groups in total. The molecule has 1 heterocycles. The summed E-state index contributed by atoms with van der Waals surface area (Å²) in [7, 11) is 0. The van der Waals surface area contributed by atoms with Crippen LogP contribution in [0.1, 0.15) is 24.2 Å². The van der Waals surface area contributed by atoms with E-state index in [4.69, 9.17) is 4.74 Å². The third-order valence-corrected chi connectivity index (χ3v) is 3.10. The Balaban J connectivity index is 2.53. The Labute approximate surface area is 122 Å². The Hall–Kier alpha value is -2.40. The number of aliphatic hydroxyl groups is 1. The molecule has 110 valence electrons. The van der Waals surface area contributed by atoms with Gasteiger partial charge in [-0.15, -0.1) is 0 Å². The molecule has 0 saturated heterocycles. The maximum absolute atomic E-state index is 11.7.